The Labute approximate surface area is 147 Å². The van der Waals surface area contributed by atoms with Crippen molar-refractivity contribution in [1.29, 1.82) is 0 Å². The van der Waals surface area contributed by atoms with Gasteiger partial charge in [0, 0.05) is 11.3 Å². The van der Waals surface area contributed by atoms with Crippen LogP contribution >= 0.6 is 11.6 Å². The molecule has 1 heterocycles. The van der Waals surface area contributed by atoms with Crippen LogP contribution in [0.3, 0.4) is 0 Å². The number of benzene rings is 2. The summed E-state index contributed by atoms with van der Waals surface area (Å²) in [5, 5.41) is 9.01. The Bertz CT molecular complexity index is 1020. The van der Waals surface area contributed by atoms with Crippen LogP contribution in [0.25, 0.3) is 11.3 Å². The van der Waals surface area contributed by atoms with Gasteiger partial charge in [-0.1, -0.05) is 11.6 Å². The standard InChI is InChI=1S/C16H11ClN2O5S/c17-14-6-5-12(7-13(14)16(20)21)25(22,23)19-11-3-1-10(2-4-11)15-8-18-9-24-15/h1-9,19H,(H,20,21). The van der Waals surface area contributed by atoms with Crippen LogP contribution in [0.1, 0.15) is 10.4 Å². The lowest BCUT2D eigenvalue weighted by Crippen LogP contribution is -2.14. The minimum atomic E-state index is -3.96. The van der Waals surface area contributed by atoms with Gasteiger partial charge in [0.15, 0.2) is 12.2 Å². The van der Waals surface area contributed by atoms with Crippen molar-refractivity contribution < 1.29 is 22.7 Å². The van der Waals surface area contributed by atoms with Gasteiger partial charge in [0.1, 0.15) is 0 Å². The van der Waals surface area contributed by atoms with Gasteiger partial charge in [0.2, 0.25) is 0 Å². The van der Waals surface area contributed by atoms with Crippen LogP contribution in [0.4, 0.5) is 5.69 Å². The van der Waals surface area contributed by atoms with Gasteiger partial charge in [-0.25, -0.2) is 18.2 Å². The van der Waals surface area contributed by atoms with Gasteiger partial charge >= 0.3 is 5.97 Å². The van der Waals surface area contributed by atoms with E-state index < -0.39 is 16.0 Å². The van der Waals surface area contributed by atoms with Crippen molar-refractivity contribution in [2.75, 3.05) is 4.72 Å². The number of carboxylic acids is 1. The van der Waals surface area contributed by atoms with E-state index in [1.165, 1.54) is 18.5 Å². The first-order chi connectivity index (χ1) is 11.9. The summed E-state index contributed by atoms with van der Waals surface area (Å²) in [4.78, 5) is 14.7. The van der Waals surface area contributed by atoms with Gasteiger partial charge in [0.25, 0.3) is 10.0 Å². The topological polar surface area (TPSA) is 110 Å². The summed E-state index contributed by atoms with van der Waals surface area (Å²) in [6, 6.07) is 9.93. The average Bonchev–Trinajstić information content (AvgIpc) is 3.09. The molecule has 0 fully saturated rings. The van der Waals surface area contributed by atoms with Gasteiger partial charge < -0.3 is 9.52 Å². The fourth-order valence-electron chi connectivity index (χ4n) is 2.11. The maximum absolute atomic E-state index is 12.4. The molecule has 0 aliphatic heterocycles. The fourth-order valence-corrected chi connectivity index (χ4v) is 3.39. The molecular formula is C16H11ClN2O5S. The highest BCUT2D eigenvalue weighted by atomic mass is 35.5. The molecule has 0 atom stereocenters. The Morgan fingerprint density at radius 3 is 2.48 bits per heavy atom. The molecule has 1 aromatic heterocycles. The summed E-state index contributed by atoms with van der Waals surface area (Å²) < 4.78 is 32.4. The molecule has 2 aromatic carbocycles. The summed E-state index contributed by atoms with van der Waals surface area (Å²) in [7, 11) is -3.96. The Kier molecular flexibility index (Phi) is 4.47. The normalized spacial score (nSPS) is 11.2. The first-order valence-electron chi connectivity index (χ1n) is 6.91. The molecule has 0 aliphatic carbocycles. The minimum Gasteiger partial charge on any atom is -0.478 e. The van der Waals surface area contributed by atoms with Crippen LogP contribution in [0.15, 0.2) is 64.4 Å². The molecule has 0 aliphatic rings. The van der Waals surface area contributed by atoms with Crippen molar-refractivity contribution in [3.63, 3.8) is 0 Å². The van der Waals surface area contributed by atoms with Crippen molar-refractivity contribution in [1.82, 2.24) is 4.98 Å². The summed E-state index contributed by atoms with van der Waals surface area (Å²) in [5.74, 6) is -0.753. The van der Waals surface area contributed by atoms with Crippen molar-refractivity contribution in [2.24, 2.45) is 0 Å². The fraction of sp³-hybridized carbons (Fsp3) is 0. The highest BCUT2D eigenvalue weighted by molar-refractivity contribution is 7.92. The smallest absolute Gasteiger partial charge is 0.337 e. The predicted molar refractivity (Wildman–Crippen MR) is 91.2 cm³/mol. The van der Waals surface area contributed by atoms with Crippen LogP contribution in [-0.2, 0) is 10.0 Å². The van der Waals surface area contributed by atoms with Crippen molar-refractivity contribution in [2.45, 2.75) is 4.90 Å². The van der Waals surface area contributed by atoms with E-state index in [-0.39, 0.29) is 15.5 Å². The van der Waals surface area contributed by atoms with Gasteiger partial charge in [-0.15, -0.1) is 0 Å². The Balaban J connectivity index is 1.86. The summed E-state index contributed by atoms with van der Waals surface area (Å²) >= 11 is 5.76. The van der Waals surface area contributed by atoms with E-state index in [0.717, 1.165) is 11.6 Å². The quantitative estimate of drug-likeness (QED) is 0.703. The maximum atomic E-state index is 12.4. The molecule has 0 unspecified atom stereocenters. The number of hydrogen-bond acceptors (Lipinski definition) is 5. The van der Waals surface area contributed by atoms with E-state index in [9.17, 15) is 13.2 Å². The monoisotopic (exact) mass is 378 g/mol. The van der Waals surface area contributed by atoms with Crippen LogP contribution in [0.5, 0.6) is 0 Å². The summed E-state index contributed by atoms with van der Waals surface area (Å²) in [5.41, 5.74) is 0.764. The zero-order valence-corrected chi connectivity index (χ0v) is 14.1. The molecule has 0 radical (unpaired) electrons. The zero-order valence-electron chi connectivity index (χ0n) is 12.5. The maximum Gasteiger partial charge on any atom is 0.337 e. The van der Waals surface area contributed by atoms with Crippen molar-refractivity contribution >= 4 is 33.3 Å². The molecule has 9 heteroatoms. The van der Waals surface area contributed by atoms with Gasteiger partial charge in [-0.3, -0.25) is 4.72 Å². The number of sulfonamides is 1. The summed E-state index contributed by atoms with van der Waals surface area (Å²) in [6.07, 6.45) is 2.84. The third-order valence-electron chi connectivity index (χ3n) is 3.33. The number of carbonyl (C=O) groups is 1. The number of rotatable bonds is 5. The average molecular weight is 379 g/mol. The highest BCUT2D eigenvalue weighted by Crippen LogP contribution is 2.24. The number of anilines is 1. The third kappa shape index (κ3) is 3.65. The van der Waals surface area contributed by atoms with E-state index >= 15 is 0 Å². The van der Waals surface area contributed by atoms with Crippen LogP contribution in [0, 0.1) is 0 Å². The zero-order chi connectivity index (χ0) is 18.0. The van der Waals surface area contributed by atoms with E-state index in [1.54, 1.807) is 30.5 Å². The second kappa shape index (κ2) is 6.58. The third-order valence-corrected chi connectivity index (χ3v) is 5.04. The number of nitrogens with zero attached hydrogens (tertiary/aromatic N) is 1. The minimum absolute atomic E-state index is 0.0390. The van der Waals surface area contributed by atoms with Gasteiger partial charge in [-0.05, 0) is 42.5 Å². The number of carboxylic acid groups (broad SMARTS) is 1. The van der Waals surface area contributed by atoms with Crippen molar-refractivity contribution in [3.8, 4) is 11.3 Å². The number of halogens is 1. The number of hydrogen-bond donors (Lipinski definition) is 2. The lowest BCUT2D eigenvalue weighted by molar-refractivity contribution is 0.0697. The number of aromatic nitrogens is 1. The summed E-state index contributed by atoms with van der Waals surface area (Å²) in [6.45, 7) is 0. The number of nitrogens with one attached hydrogen (secondary N) is 1. The Morgan fingerprint density at radius 1 is 1.16 bits per heavy atom. The van der Waals surface area contributed by atoms with Crippen LogP contribution < -0.4 is 4.72 Å². The lowest BCUT2D eigenvalue weighted by atomic mass is 10.2. The molecule has 0 spiro atoms. The van der Waals surface area contributed by atoms with Gasteiger partial charge in [0.05, 0.1) is 21.7 Å². The molecule has 3 aromatic rings. The second-order valence-corrected chi connectivity index (χ2v) is 7.08. The molecular weight excluding hydrogens is 368 g/mol. The number of aromatic carboxylic acids is 1. The molecule has 25 heavy (non-hydrogen) atoms. The highest BCUT2D eigenvalue weighted by Gasteiger charge is 2.18. The largest absolute Gasteiger partial charge is 0.478 e. The van der Waals surface area contributed by atoms with E-state index in [0.29, 0.717) is 11.4 Å². The predicted octanol–water partition coefficient (Wildman–Crippen LogP) is 3.49. The molecule has 7 nitrogen and oxygen atoms in total. The van der Waals surface area contributed by atoms with E-state index in [1.807, 2.05) is 0 Å². The number of oxazole rings is 1. The Morgan fingerprint density at radius 2 is 1.88 bits per heavy atom. The first kappa shape index (κ1) is 17.0. The van der Waals surface area contributed by atoms with E-state index in [4.69, 9.17) is 21.1 Å². The molecule has 0 bridgehead atoms. The molecule has 0 saturated carbocycles. The Hall–Kier alpha value is -2.84. The van der Waals surface area contributed by atoms with Crippen LogP contribution in [0.2, 0.25) is 5.02 Å². The molecule has 0 amide bonds. The molecule has 2 N–H and O–H groups in total. The molecule has 3 rings (SSSR count). The SMILES string of the molecule is O=C(O)c1cc(S(=O)(=O)Nc2ccc(-c3cnco3)cc2)ccc1Cl. The van der Waals surface area contributed by atoms with E-state index in [2.05, 4.69) is 9.71 Å². The second-order valence-electron chi connectivity index (χ2n) is 5.00. The molecule has 0 saturated heterocycles. The van der Waals surface area contributed by atoms with Crippen LogP contribution in [-0.4, -0.2) is 24.5 Å². The van der Waals surface area contributed by atoms with Gasteiger partial charge in [-0.2, -0.15) is 0 Å². The first-order valence-corrected chi connectivity index (χ1v) is 8.77. The lowest BCUT2D eigenvalue weighted by Gasteiger charge is -2.09. The van der Waals surface area contributed by atoms with Crippen molar-refractivity contribution in [3.05, 3.63) is 65.6 Å². The molecule has 128 valence electrons.